The number of benzene rings is 2. The standard InChI is InChI=1S/C21H21N5O2S/c1-13(16-4-3-5-18(10-16)29(22,27)28)24-21-12-20(25-14(2)26-21)17-7-6-15-8-9-23-19(15)11-17/h3-13,23H,1-2H3,(H2,22,27,28)(H,24,25,26). The van der Waals surface area contributed by atoms with Gasteiger partial charge in [-0.3, -0.25) is 0 Å². The summed E-state index contributed by atoms with van der Waals surface area (Å²) in [6.07, 6.45) is 1.91. The van der Waals surface area contributed by atoms with Crippen molar-refractivity contribution in [1.29, 1.82) is 0 Å². The second-order valence-corrected chi connectivity index (χ2v) is 8.51. The number of anilines is 1. The zero-order valence-electron chi connectivity index (χ0n) is 16.0. The van der Waals surface area contributed by atoms with E-state index < -0.39 is 10.0 Å². The predicted octanol–water partition coefficient (Wildman–Crippen LogP) is 3.75. The fourth-order valence-electron chi connectivity index (χ4n) is 3.26. The van der Waals surface area contributed by atoms with E-state index in [1.165, 1.54) is 6.07 Å². The summed E-state index contributed by atoms with van der Waals surface area (Å²) in [6, 6.07) is 16.4. The van der Waals surface area contributed by atoms with Gasteiger partial charge in [0, 0.05) is 29.4 Å². The molecule has 4 aromatic rings. The Hall–Kier alpha value is -3.23. The van der Waals surface area contributed by atoms with Gasteiger partial charge in [0.15, 0.2) is 0 Å². The van der Waals surface area contributed by atoms with Crippen molar-refractivity contribution in [2.45, 2.75) is 24.8 Å². The highest BCUT2D eigenvalue weighted by molar-refractivity contribution is 7.89. The minimum atomic E-state index is -3.75. The first-order valence-electron chi connectivity index (χ1n) is 9.12. The number of hydrogen-bond acceptors (Lipinski definition) is 5. The number of aromatic amines is 1. The minimum Gasteiger partial charge on any atom is -0.363 e. The number of nitrogens with two attached hydrogens (primary N) is 1. The fraction of sp³-hybridized carbons (Fsp3) is 0.143. The maximum absolute atomic E-state index is 11.6. The van der Waals surface area contributed by atoms with Crippen LogP contribution in [0.1, 0.15) is 24.4 Å². The quantitative estimate of drug-likeness (QED) is 0.466. The van der Waals surface area contributed by atoms with E-state index in [1.54, 1.807) is 12.1 Å². The molecule has 29 heavy (non-hydrogen) atoms. The Bertz CT molecular complexity index is 1300. The highest BCUT2D eigenvalue weighted by Gasteiger charge is 2.13. The lowest BCUT2D eigenvalue weighted by Crippen LogP contribution is -2.14. The number of nitrogens with zero attached hydrogens (tertiary/aromatic N) is 2. The lowest BCUT2D eigenvalue weighted by Gasteiger charge is -2.16. The Morgan fingerprint density at radius 2 is 1.90 bits per heavy atom. The van der Waals surface area contributed by atoms with E-state index in [1.807, 2.05) is 50.4 Å². The SMILES string of the molecule is Cc1nc(NC(C)c2cccc(S(N)(=O)=O)c2)cc(-c2ccc3cc[nH]c3c2)n1. The number of H-pyrrole nitrogens is 1. The summed E-state index contributed by atoms with van der Waals surface area (Å²) < 4.78 is 23.2. The fourth-order valence-corrected chi connectivity index (χ4v) is 3.83. The average molecular weight is 407 g/mol. The van der Waals surface area contributed by atoms with Gasteiger partial charge in [-0.2, -0.15) is 0 Å². The molecule has 0 amide bonds. The number of fused-ring (bicyclic) bond motifs is 1. The summed E-state index contributed by atoms with van der Waals surface area (Å²) in [5.41, 5.74) is 3.63. The average Bonchev–Trinajstić information content (AvgIpc) is 3.14. The van der Waals surface area contributed by atoms with E-state index in [4.69, 9.17) is 5.14 Å². The molecule has 8 heteroatoms. The normalized spacial score (nSPS) is 12.8. The number of aromatic nitrogens is 3. The first-order chi connectivity index (χ1) is 13.8. The van der Waals surface area contributed by atoms with Crippen LogP contribution >= 0.6 is 0 Å². The minimum absolute atomic E-state index is 0.0856. The van der Waals surface area contributed by atoms with Crippen molar-refractivity contribution in [2.75, 3.05) is 5.32 Å². The van der Waals surface area contributed by atoms with Crippen molar-refractivity contribution in [3.8, 4) is 11.3 Å². The van der Waals surface area contributed by atoms with Crippen molar-refractivity contribution in [2.24, 2.45) is 5.14 Å². The van der Waals surface area contributed by atoms with Crippen molar-refractivity contribution in [3.05, 3.63) is 72.2 Å². The Morgan fingerprint density at radius 1 is 1.07 bits per heavy atom. The van der Waals surface area contributed by atoms with E-state index in [0.717, 1.165) is 27.7 Å². The Morgan fingerprint density at radius 3 is 2.69 bits per heavy atom. The smallest absolute Gasteiger partial charge is 0.238 e. The molecule has 0 spiro atoms. The van der Waals surface area contributed by atoms with Crippen LogP contribution in [0.5, 0.6) is 0 Å². The number of rotatable bonds is 5. The molecule has 4 N–H and O–H groups in total. The molecule has 7 nitrogen and oxygen atoms in total. The third kappa shape index (κ3) is 4.13. The highest BCUT2D eigenvalue weighted by Crippen LogP contribution is 2.26. The molecule has 0 radical (unpaired) electrons. The summed E-state index contributed by atoms with van der Waals surface area (Å²) >= 11 is 0. The number of aryl methyl sites for hydroxylation is 1. The van der Waals surface area contributed by atoms with Gasteiger partial charge in [0.2, 0.25) is 10.0 Å². The summed E-state index contributed by atoms with van der Waals surface area (Å²) in [5, 5.41) is 9.71. The predicted molar refractivity (Wildman–Crippen MR) is 114 cm³/mol. The molecule has 0 fully saturated rings. The van der Waals surface area contributed by atoms with Gasteiger partial charge in [0.05, 0.1) is 10.6 Å². The largest absolute Gasteiger partial charge is 0.363 e. The van der Waals surface area contributed by atoms with E-state index in [-0.39, 0.29) is 10.9 Å². The lowest BCUT2D eigenvalue weighted by atomic mass is 10.1. The van der Waals surface area contributed by atoms with Gasteiger partial charge in [-0.25, -0.2) is 23.5 Å². The van der Waals surface area contributed by atoms with Crippen LogP contribution in [0.25, 0.3) is 22.2 Å². The van der Waals surface area contributed by atoms with Crippen LogP contribution < -0.4 is 10.5 Å². The van der Waals surface area contributed by atoms with Crippen LogP contribution in [0, 0.1) is 6.92 Å². The van der Waals surface area contributed by atoms with Crippen molar-refractivity contribution in [1.82, 2.24) is 15.0 Å². The van der Waals surface area contributed by atoms with E-state index >= 15 is 0 Å². The molecular weight excluding hydrogens is 386 g/mol. The van der Waals surface area contributed by atoms with Crippen molar-refractivity contribution in [3.63, 3.8) is 0 Å². The molecule has 1 atom stereocenters. The summed E-state index contributed by atoms with van der Waals surface area (Å²) in [7, 11) is -3.75. The van der Waals surface area contributed by atoms with Gasteiger partial charge in [-0.1, -0.05) is 24.3 Å². The van der Waals surface area contributed by atoms with E-state index in [2.05, 4.69) is 26.3 Å². The van der Waals surface area contributed by atoms with Gasteiger partial charge in [0.1, 0.15) is 11.6 Å². The van der Waals surface area contributed by atoms with Crippen molar-refractivity contribution >= 4 is 26.7 Å². The first kappa shape index (κ1) is 19.1. The molecule has 0 aliphatic carbocycles. The zero-order chi connectivity index (χ0) is 20.6. The van der Waals surface area contributed by atoms with Gasteiger partial charge in [-0.15, -0.1) is 0 Å². The van der Waals surface area contributed by atoms with E-state index in [0.29, 0.717) is 11.6 Å². The topological polar surface area (TPSA) is 114 Å². The molecule has 2 aromatic heterocycles. The number of hydrogen-bond donors (Lipinski definition) is 3. The highest BCUT2D eigenvalue weighted by atomic mass is 32.2. The number of nitrogens with one attached hydrogen (secondary N) is 2. The van der Waals surface area contributed by atoms with Crippen LogP contribution in [-0.4, -0.2) is 23.4 Å². The molecule has 1 unspecified atom stereocenters. The molecule has 0 bridgehead atoms. The lowest BCUT2D eigenvalue weighted by molar-refractivity contribution is 0.597. The molecule has 0 saturated heterocycles. The maximum Gasteiger partial charge on any atom is 0.238 e. The van der Waals surface area contributed by atoms with Crippen LogP contribution in [0.3, 0.4) is 0 Å². The van der Waals surface area contributed by atoms with E-state index in [9.17, 15) is 8.42 Å². The number of sulfonamides is 1. The maximum atomic E-state index is 11.6. The molecule has 4 rings (SSSR count). The second-order valence-electron chi connectivity index (χ2n) is 6.95. The Balaban J connectivity index is 1.64. The number of primary sulfonamides is 1. The van der Waals surface area contributed by atoms with Crippen LogP contribution in [0.4, 0.5) is 5.82 Å². The molecule has 2 aromatic carbocycles. The van der Waals surface area contributed by atoms with Crippen LogP contribution in [0.2, 0.25) is 0 Å². The van der Waals surface area contributed by atoms with Gasteiger partial charge in [0.25, 0.3) is 0 Å². The Labute approximate surface area is 169 Å². The molecule has 0 saturated carbocycles. The monoisotopic (exact) mass is 407 g/mol. The molecule has 148 valence electrons. The summed E-state index contributed by atoms with van der Waals surface area (Å²) in [6.45, 7) is 3.78. The molecule has 0 aliphatic heterocycles. The van der Waals surface area contributed by atoms with Crippen LogP contribution in [-0.2, 0) is 10.0 Å². The van der Waals surface area contributed by atoms with Gasteiger partial charge >= 0.3 is 0 Å². The van der Waals surface area contributed by atoms with Gasteiger partial charge in [-0.05, 0) is 49.1 Å². The second kappa shape index (κ2) is 7.31. The first-order valence-corrected chi connectivity index (χ1v) is 10.7. The summed E-state index contributed by atoms with van der Waals surface area (Å²) in [4.78, 5) is 12.3. The van der Waals surface area contributed by atoms with Crippen LogP contribution in [0.15, 0.2) is 65.7 Å². The Kier molecular flexibility index (Phi) is 4.81. The molecule has 0 aliphatic rings. The third-order valence-electron chi connectivity index (χ3n) is 4.74. The zero-order valence-corrected chi connectivity index (χ0v) is 16.9. The molecule has 2 heterocycles. The van der Waals surface area contributed by atoms with Gasteiger partial charge < -0.3 is 10.3 Å². The third-order valence-corrected chi connectivity index (χ3v) is 5.65. The summed E-state index contributed by atoms with van der Waals surface area (Å²) in [5.74, 6) is 1.30. The van der Waals surface area contributed by atoms with Crippen molar-refractivity contribution < 1.29 is 8.42 Å². The molecular formula is C21H21N5O2S.